The summed E-state index contributed by atoms with van der Waals surface area (Å²) in [5, 5.41) is -1.43. The molecule has 0 aromatic heterocycles. The molecular weight excluding hydrogens is 297 g/mol. The highest BCUT2D eigenvalue weighted by Gasteiger charge is 2.32. The highest BCUT2D eigenvalue weighted by molar-refractivity contribution is 6.67. The van der Waals surface area contributed by atoms with E-state index in [1.54, 1.807) is 0 Å². The molecule has 0 unspecified atom stereocenters. The summed E-state index contributed by atoms with van der Waals surface area (Å²) in [7, 11) is 1.06. The Bertz CT molecular complexity index is 542. The zero-order valence-corrected chi connectivity index (χ0v) is 11.4. The van der Waals surface area contributed by atoms with Crippen molar-refractivity contribution in [1.82, 2.24) is 0 Å². The van der Waals surface area contributed by atoms with E-state index < -0.39 is 39.8 Å². The summed E-state index contributed by atoms with van der Waals surface area (Å²) in [5.41, 5.74) is -1.17. The van der Waals surface area contributed by atoms with E-state index in [2.05, 4.69) is 4.74 Å². The van der Waals surface area contributed by atoms with Gasteiger partial charge in [0.2, 0.25) is 17.3 Å². The Labute approximate surface area is 118 Å². The standard InChI is InChI=1S/C13H12ClF3O3/c1-19-11-10(17)8(15)7(13(14)18)9(16)12(11)20-6-4-2-3-5-6/h6H,2-5H2,1H3. The Kier molecular flexibility index (Phi) is 4.42. The first-order chi connectivity index (χ1) is 9.47. The van der Waals surface area contributed by atoms with Crippen LogP contribution in [-0.2, 0) is 0 Å². The van der Waals surface area contributed by atoms with Crippen LogP contribution in [0, 0.1) is 17.5 Å². The first-order valence-electron chi connectivity index (χ1n) is 6.08. The van der Waals surface area contributed by atoms with E-state index in [0.29, 0.717) is 12.8 Å². The van der Waals surface area contributed by atoms with Crippen LogP contribution in [-0.4, -0.2) is 18.5 Å². The second-order valence-electron chi connectivity index (χ2n) is 4.48. The molecule has 2 rings (SSSR count). The third kappa shape index (κ3) is 2.57. The van der Waals surface area contributed by atoms with Gasteiger partial charge >= 0.3 is 0 Å². The fourth-order valence-electron chi connectivity index (χ4n) is 2.25. The van der Waals surface area contributed by atoms with E-state index in [4.69, 9.17) is 16.3 Å². The molecule has 3 nitrogen and oxygen atoms in total. The molecular formula is C13H12ClF3O3. The average molecular weight is 309 g/mol. The minimum atomic E-state index is -1.68. The number of carbonyl (C=O) groups excluding carboxylic acids is 1. The summed E-state index contributed by atoms with van der Waals surface area (Å²) in [6, 6.07) is 0. The third-order valence-corrected chi connectivity index (χ3v) is 3.41. The summed E-state index contributed by atoms with van der Waals surface area (Å²) in [6.07, 6.45) is 2.83. The Morgan fingerprint density at radius 2 is 1.70 bits per heavy atom. The molecule has 0 heterocycles. The van der Waals surface area contributed by atoms with Gasteiger partial charge in [0.1, 0.15) is 5.56 Å². The maximum absolute atomic E-state index is 14.1. The van der Waals surface area contributed by atoms with Gasteiger partial charge in [-0.2, -0.15) is 4.39 Å². The third-order valence-electron chi connectivity index (χ3n) is 3.22. The zero-order valence-electron chi connectivity index (χ0n) is 10.6. The van der Waals surface area contributed by atoms with Crippen LogP contribution in [0.1, 0.15) is 36.0 Å². The molecule has 7 heteroatoms. The highest BCUT2D eigenvalue weighted by atomic mass is 35.5. The Morgan fingerprint density at radius 3 is 2.20 bits per heavy atom. The van der Waals surface area contributed by atoms with E-state index in [1.165, 1.54) is 0 Å². The average Bonchev–Trinajstić information content (AvgIpc) is 2.89. The molecule has 0 aliphatic heterocycles. The van der Waals surface area contributed by atoms with Gasteiger partial charge in [-0.1, -0.05) is 0 Å². The van der Waals surface area contributed by atoms with Crippen LogP contribution < -0.4 is 9.47 Å². The first kappa shape index (κ1) is 15.0. The lowest BCUT2D eigenvalue weighted by Gasteiger charge is -2.18. The number of benzene rings is 1. The number of methoxy groups -OCH3 is 1. The summed E-state index contributed by atoms with van der Waals surface area (Å²) < 4.78 is 51.5. The van der Waals surface area contributed by atoms with Crippen molar-refractivity contribution < 1.29 is 27.4 Å². The van der Waals surface area contributed by atoms with Crippen LogP contribution in [0.3, 0.4) is 0 Å². The molecule has 1 saturated carbocycles. The molecule has 20 heavy (non-hydrogen) atoms. The molecule has 0 spiro atoms. The monoisotopic (exact) mass is 308 g/mol. The molecule has 110 valence electrons. The molecule has 1 aromatic carbocycles. The molecule has 0 bridgehead atoms. The second kappa shape index (κ2) is 5.91. The van der Waals surface area contributed by atoms with Crippen LogP contribution >= 0.6 is 11.6 Å². The van der Waals surface area contributed by atoms with Gasteiger partial charge in [-0.3, -0.25) is 4.79 Å². The fraction of sp³-hybridized carbons (Fsp3) is 0.462. The minimum absolute atomic E-state index is 0.318. The Balaban J connectivity index is 2.54. The van der Waals surface area contributed by atoms with Crippen molar-refractivity contribution in [3.8, 4) is 11.5 Å². The molecule has 0 N–H and O–H groups in total. The van der Waals surface area contributed by atoms with Gasteiger partial charge in [-0.05, 0) is 37.3 Å². The van der Waals surface area contributed by atoms with Crippen LogP contribution in [0.25, 0.3) is 0 Å². The summed E-state index contributed by atoms with van der Waals surface area (Å²) in [5.74, 6) is -5.83. The number of carbonyl (C=O) groups is 1. The van der Waals surface area contributed by atoms with Crippen molar-refractivity contribution in [2.24, 2.45) is 0 Å². The number of hydrogen-bond acceptors (Lipinski definition) is 3. The van der Waals surface area contributed by atoms with Crippen molar-refractivity contribution in [2.45, 2.75) is 31.8 Å². The zero-order chi connectivity index (χ0) is 14.9. The van der Waals surface area contributed by atoms with Gasteiger partial charge in [0, 0.05) is 0 Å². The normalized spacial score (nSPS) is 15.4. The predicted molar refractivity (Wildman–Crippen MR) is 65.9 cm³/mol. The van der Waals surface area contributed by atoms with Crippen molar-refractivity contribution in [2.75, 3.05) is 7.11 Å². The molecule has 1 fully saturated rings. The SMILES string of the molecule is COc1c(F)c(F)c(C(=O)Cl)c(F)c1OC1CCCC1. The first-order valence-corrected chi connectivity index (χ1v) is 6.46. The molecule has 0 saturated heterocycles. The lowest BCUT2D eigenvalue weighted by Crippen LogP contribution is -2.16. The molecule has 1 aliphatic rings. The predicted octanol–water partition coefficient (Wildman–Crippen LogP) is 3.81. The van der Waals surface area contributed by atoms with Crippen molar-refractivity contribution in [3.05, 3.63) is 23.0 Å². The second-order valence-corrected chi connectivity index (χ2v) is 4.82. The number of halogens is 4. The van der Waals surface area contributed by atoms with E-state index in [9.17, 15) is 18.0 Å². The molecule has 1 aliphatic carbocycles. The van der Waals surface area contributed by atoms with E-state index >= 15 is 0 Å². The molecule has 1 aromatic rings. The quantitative estimate of drug-likeness (QED) is 0.627. The van der Waals surface area contributed by atoms with Gasteiger partial charge in [0.25, 0.3) is 5.24 Å². The van der Waals surface area contributed by atoms with E-state index in [0.717, 1.165) is 20.0 Å². The lowest BCUT2D eigenvalue weighted by atomic mass is 10.1. The van der Waals surface area contributed by atoms with Gasteiger partial charge in [-0.25, -0.2) is 8.78 Å². The van der Waals surface area contributed by atoms with Crippen LogP contribution in [0.2, 0.25) is 0 Å². The lowest BCUT2D eigenvalue weighted by molar-refractivity contribution is 0.106. The Hall–Kier alpha value is -1.43. The molecule has 0 radical (unpaired) electrons. The van der Waals surface area contributed by atoms with Gasteiger partial charge < -0.3 is 9.47 Å². The van der Waals surface area contributed by atoms with Crippen molar-refractivity contribution in [3.63, 3.8) is 0 Å². The van der Waals surface area contributed by atoms with Crippen LogP contribution in [0.5, 0.6) is 11.5 Å². The largest absolute Gasteiger partial charge is 0.490 e. The number of ether oxygens (including phenoxy) is 2. The maximum atomic E-state index is 14.1. The molecule has 0 amide bonds. The van der Waals surface area contributed by atoms with Crippen LogP contribution in [0.15, 0.2) is 0 Å². The number of rotatable bonds is 4. The van der Waals surface area contributed by atoms with Crippen molar-refractivity contribution >= 4 is 16.8 Å². The summed E-state index contributed by atoms with van der Waals surface area (Å²) in [4.78, 5) is 11.1. The van der Waals surface area contributed by atoms with E-state index in [-0.39, 0.29) is 6.10 Å². The smallest absolute Gasteiger partial charge is 0.258 e. The van der Waals surface area contributed by atoms with Crippen LogP contribution in [0.4, 0.5) is 13.2 Å². The maximum Gasteiger partial charge on any atom is 0.258 e. The summed E-state index contributed by atoms with van der Waals surface area (Å²) >= 11 is 5.09. The molecule has 0 atom stereocenters. The topological polar surface area (TPSA) is 35.5 Å². The number of hydrogen-bond donors (Lipinski definition) is 0. The fourth-order valence-corrected chi connectivity index (χ4v) is 2.42. The minimum Gasteiger partial charge on any atom is -0.490 e. The van der Waals surface area contributed by atoms with Crippen molar-refractivity contribution in [1.29, 1.82) is 0 Å². The van der Waals surface area contributed by atoms with Gasteiger partial charge in [0.05, 0.1) is 13.2 Å². The summed E-state index contributed by atoms with van der Waals surface area (Å²) in [6.45, 7) is 0. The Morgan fingerprint density at radius 1 is 1.10 bits per heavy atom. The highest BCUT2D eigenvalue weighted by Crippen LogP contribution is 2.40. The van der Waals surface area contributed by atoms with E-state index in [1.807, 2.05) is 0 Å². The van der Waals surface area contributed by atoms with Gasteiger partial charge in [0.15, 0.2) is 11.6 Å². The van der Waals surface area contributed by atoms with Gasteiger partial charge in [-0.15, -0.1) is 0 Å².